The van der Waals surface area contributed by atoms with Gasteiger partial charge in [-0.2, -0.15) is 13.2 Å². The Morgan fingerprint density at radius 3 is 2.40 bits per heavy atom. The van der Waals surface area contributed by atoms with Crippen molar-refractivity contribution in [2.45, 2.75) is 84.2 Å². The summed E-state index contributed by atoms with van der Waals surface area (Å²) >= 11 is 0. The van der Waals surface area contributed by atoms with Gasteiger partial charge in [-0.05, 0) is 106 Å². The molecular formula is C37H45F3N2O3. The second-order valence-corrected chi connectivity index (χ2v) is 12.6. The number of piperidine rings is 1. The largest absolute Gasteiger partial charge is 0.493 e. The molecule has 45 heavy (non-hydrogen) atoms. The number of carbonyl (C=O) groups excluding carboxylic acids is 1. The number of halogens is 3. The smallest absolute Gasteiger partial charge is 0.417 e. The van der Waals surface area contributed by atoms with Crippen LogP contribution in [0.5, 0.6) is 5.75 Å². The van der Waals surface area contributed by atoms with Crippen LogP contribution in [0.1, 0.15) is 80.7 Å². The van der Waals surface area contributed by atoms with E-state index in [0.717, 1.165) is 41.5 Å². The van der Waals surface area contributed by atoms with Gasteiger partial charge in [0.25, 0.3) is 0 Å². The van der Waals surface area contributed by atoms with E-state index in [9.17, 15) is 18.0 Å². The molecule has 1 saturated heterocycles. The van der Waals surface area contributed by atoms with Gasteiger partial charge in [-0.15, -0.1) is 0 Å². The zero-order valence-electron chi connectivity index (χ0n) is 26.8. The molecule has 1 unspecified atom stereocenters. The van der Waals surface area contributed by atoms with E-state index < -0.39 is 23.4 Å². The van der Waals surface area contributed by atoms with Gasteiger partial charge in [0.1, 0.15) is 17.4 Å². The highest BCUT2D eigenvalue weighted by Crippen LogP contribution is 2.38. The summed E-state index contributed by atoms with van der Waals surface area (Å²) in [5.74, 6) is 0.0271. The molecule has 242 valence electrons. The molecule has 0 bridgehead atoms. The fraction of sp³-hybridized carbons (Fsp3) is 0.432. The van der Waals surface area contributed by atoms with E-state index in [1.54, 1.807) is 6.08 Å². The maximum absolute atomic E-state index is 14.6. The number of esters is 1. The molecule has 0 spiro atoms. The molecule has 0 aromatic heterocycles. The van der Waals surface area contributed by atoms with Gasteiger partial charge in [0.2, 0.25) is 0 Å². The Morgan fingerprint density at radius 2 is 1.71 bits per heavy atom. The average molecular weight is 623 g/mol. The molecule has 3 aromatic carbocycles. The summed E-state index contributed by atoms with van der Waals surface area (Å²) in [5, 5.41) is 0. The van der Waals surface area contributed by atoms with Gasteiger partial charge in [-0.1, -0.05) is 67.1 Å². The SMILES string of the molecule is Cc1c(/C=C/c2cc(OCCCCN)c(CN3CCCCC3C(=O)OC(C)(C)C)cc2C(F)(F)F)cccc1-c1ccccc1. The molecule has 4 rings (SSSR count). The minimum absolute atomic E-state index is 0.0203. The molecule has 3 aromatic rings. The van der Waals surface area contributed by atoms with Crippen molar-refractivity contribution in [1.82, 2.24) is 4.90 Å². The first-order chi connectivity index (χ1) is 21.4. The predicted molar refractivity (Wildman–Crippen MR) is 175 cm³/mol. The number of unbranched alkanes of at least 4 members (excludes halogenated alkanes) is 1. The molecule has 0 radical (unpaired) electrons. The van der Waals surface area contributed by atoms with E-state index in [1.165, 1.54) is 18.2 Å². The summed E-state index contributed by atoms with van der Waals surface area (Å²) in [5.41, 5.74) is 8.53. The quantitative estimate of drug-likeness (QED) is 0.132. The molecule has 1 aliphatic heterocycles. The van der Waals surface area contributed by atoms with Crippen molar-refractivity contribution in [3.05, 3.63) is 88.5 Å². The van der Waals surface area contributed by atoms with Crippen LogP contribution in [0.4, 0.5) is 13.2 Å². The Balaban J connectivity index is 1.72. The lowest BCUT2D eigenvalue weighted by Crippen LogP contribution is -2.46. The topological polar surface area (TPSA) is 64.8 Å². The lowest BCUT2D eigenvalue weighted by atomic mass is 9.95. The van der Waals surface area contributed by atoms with Gasteiger partial charge in [0, 0.05) is 12.1 Å². The zero-order valence-corrected chi connectivity index (χ0v) is 26.8. The number of nitrogens with two attached hydrogens (primary N) is 1. The van der Waals surface area contributed by atoms with Crippen LogP contribution in [0.25, 0.3) is 23.3 Å². The number of likely N-dealkylation sites (tertiary alicyclic amines) is 1. The van der Waals surface area contributed by atoms with Crippen LogP contribution in [-0.4, -0.2) is 42.2 Å². The summed E-state index contributed by atoms with van der Waals surface area (Å²) in [4.78, 5) is 15.0. The number of alkyl halides is 3. The number of hydrogen-bond donors (Lipinski definition) is 1. The molecule has 0 saturated carbocycles. The first-order valence-corrected chi connectivity index (χ1v) is 15.7. The lowest BCUT2D eigenvalue weighted by molar-refractivity contribution is -0.163. The molecule has 1 atom stereocenters. The highest BCUT2D eigenvalue weighted by atomic mass is 19.4. The maximum Gasteiger partial charge on any atom is 0.417 e. The Morgan fingerprint density at radius 1 is 0.978 bits per heavy atom. The van der Waals surface area contributed by atoms with Crippen LogP contribution in [0.3, 0.4) is 0 Å². The van der Waals surface area contributed by atoms with Crippen molar-refractivity contribution in [2.24, 2.45) is 5.73 Å². The Kier molecular flexibility index (Phi) is 11.5. The molecule has 1 fully saturated rings. The first-order valence-electron chi connectivity index (χ1n) is 15.7. The van der Waals surface area contributed by atoms with Crippen molar-refractivity contribution >= 4 is 18.1 Å². The summed E-state index contributed by atoms with van der Waals surface area (Å²) in [6, 6.07) is 17.9. The fourth-order valence-electron chi connectivity index (χ4n) is 5.69. The van der Waals surface area contributed by atoms with E-state index in [4.69, 9.17) is 15.2 Å². The molecular weight excluding hydrogens is 577 g/mol. The molecule has 8 heteroatoms. The zero-order chi connectivity index (χ0) is 32.6. The minimum atomic E-state index is -4.60. The highest BCUT2D eigenvalue weighted by Gasteiger charge is 2.36. The van der Waals surface area contributed by atoms with Gasteiger partial charge in [-0.25, -0.2) is 0 Å². The van der Waals surface area contributed by atoms with Gasteiger partial charge in [-0.3, -0.25) is 9.69 Å². The third kappa shape index (κ3) is 9.44. The Bertz CT molecular complexity index is 1460. The van der Waals surface area contributed by atoms with E-state index in [0.29, 0.717) is 43.9 Å². The highest BCUT2D eigenvalue weighted by molar-refractivity contribution is 5.79. The van der Waals surface area contributed by atoms with Gasteiger partial charge in [0.05, 0.1) is 12.2 Å². The van der Waals surface area contributed by atoms with Crippen LogP contribution in [0.15, 0.2) is 60.7 Å². The second kappa shape index (κ2) is 15.1. The molecule has 1 heterocycles. The third-order valence-electron chi connectivity index (χ3n) is 7.96. The number of benzene rings is 3. The summed E-state index contributed by atoms with van der Waals surface area (Å²) in [7, 11) is 0. The van der Waals surface area contributed by atoms with E-state index in [1.807, 2.05) is 81.1 Å². The number of rotatable bonds is 11. The molecule has 0 amide bonds. The lowest BCUT2D eigenvalue weighted by Gasteiger charge is -2.36. The van der Waals surface area contributed by atoms with Crippen LogP contribution >= 0.6 is 0 Å². The predicted octanol–water partition coefficient (Wildman–Crippen LogP) is 8.67. The van der Waals surface area contributed by atoms with Crippen LogP contribution in [0, 0.1) is 6.92 Å². The standard InChI is InChI=1S/C37H45F3N2O3/c1-26-27(15-12-16-31(26)28-13-6-5-7-14-28)18-19-29-24-34(44-22-11-9-20-41)30(23-32(29)37(38,39)40)25-42-21-10-8-17-33(42)35(43)45-36(2,3)4/h5-7,12-16,18-19,23-24,33H,8-11,17,20-22,25,41H2,1-4H3/b19-18+. The van der Waals surface area contributed by atoms with Crippen molar-refractivity contribution in [2.75, 3.05) is 19.7 Å². The van der Waals surface area contributed by atoms with Gasteiger partial charge < -0.3 is 15.2 Å². The van der Waals surface area contributed by atoms with Crippen molar-refractivity contribution in [1.29, 1.82) is 0 Å². The first kappa shape index (κ1) is 34.3. The molecule has 2 N–H and O–H groups in total. The van der Waals surface area contributed by atoms with E-state index in [-0.39, 0.29) is 18.1 Å². The minimum Gasteiger partial charge on any atom is -0.493 e. The van der Waals surface area contributed by atoms with Crippen LogP contribution < -0.4 is 10.5 Å². The molecule has 0 aliphatic carbocycles. The van der Waals surface area contributed by atoms with Gasteiger partial charge in [0.15, 0.2) is 0 Å². The van der Waals surface area contributed by atoms with E-state index in [2.05, 4.69) is 0 Å². The fourth-order valence-corrected chi connectivity index (χ4v) is 5.69. The molecule has 1 aliphatic rings. The number of ether oxygens (including phenoxy) is 2. The third-order valence-corrected chi connectivity index (χ3v) is 7.96. The molecule has 5 nitrogen and oxygen atoms in total. The maximum atomic E-state index is 14.6. The summed E-state index contributed by atoms with van der Waals surface area (Å²) < 4.78 is 55.6. The normalized spacial score (nSPS) is 16.2. The number of nitrogens with zero attached hydrogens (tertiary/aromatic N) is 1. The monoisotopic (exact) mass is 622 g/mol. The summed E-state index contributed by atoms with van der Waals surface area (Å²) in [6.07, 6.45) is 2.36. The number of hydrogen-bond acceptors (Lipinski definition) is 5. The Hall–Kier alpha value is -3.62. The second-order valence-electron chi connectivity index (χ2n) is 12.6. The number of carbonyl (C=O) groups is 1. The van der Waals surface area contributed by atoms with Gasteiger partial charge >= 0.3 is 12.1 Å². The van der Waals surface area contributed by atoms with Crippen molar-refractivity contribution < 1.29 is 27.4 Å². The summed E-state index contributed by atoms with van der Waals surface area (Å²) in [6.45, 7) is 8.96. The van der Waals surface area contributed by atoms with Crippen LogP contribution in [-0.2, 0) is 22.3 Å². The van der Waals surface area contributed by atoms with Crippen molar-refractivity contribution in [3.8, 4) is 16.9 Å². The Labute approximate surface area is 265 Å². The average Bonchev–Trinajstić information content (AvgIpc) is 2.99. The van der Waals surface area contributed by atoms with E-state index >= 15 is 0 Å². The van der Waals surface area contributed by atoms with Crippen LogP contribution in [0.2, 0.25) is 0 Å². The van der Waals surface area contributed by atoms with Crippen molar-refractivity contribution in [3.63, 3.8) is 0 Å².